The van der Waals surface area contributed by atoms with Gasteiger partial charge in [-0.1, -0.05) is 40.0 Å². The highest BCUT2D eigenvalue weighted by Gasteiger charge is 2.20. The zero-order valence-corrected chi connectivity index (χ0v) is 12.4. The van der Waals surface area contributed by atoms with Crippen LogP contribution in [-0.2, 0) is 0 Å². The van der Waals surface area contributed by atoms with Gasteiger partial charge < -0.3 is 14.8 Å². The molecule has 0 radical (unpaired) electrons. The molecule has 0 aliphatic carbocycles. The van der Waals surface area contributed by atoms with Gasteiger partial charge in [-0.3, -0.25) is 4.79 Å². The first kappa shape index (κ1) is 16.3. The minimum absolute atomic E-state index is 0.0163. The van der Waals surface area contributed by atoms with Crippen molar-refractivity contribution < 1.29 is 19.1 Å². The van der Waals surface area contributed by atoms with E-state index in [0.717, 1.165) is 19.1 Å². The predicted octanol–water partition coefficient (Wildman–Crippen LogP) is 3.31. The second kappa shape index (κ2) is 7.12. The van der Waals surface area contributed by atoms with Crippen LogP contribution in [0.4, 0.5) is 0 Å². The van der Waals surface area contributed by atoms with Crippen LogP contribution >= 0.6 is 0 Å². The molecule has 0 saturated heterocycles. The molecule has 0 fully saturated rings. The van der Waals surface area contributed by atoms with E-state index in [1.807, 2.05) is 0 Å². The normalized spacial score (nSPS) is 11.3. The fraction of sp³-hybridized carbons (Fsp3) is 0.600. The average Bonchev–Trinajstić information content (AvgIpc) is 2.86. The molecule has 0 aromatic carbocycles. The molecule has 0 saturated carbocycles. The van der Waals surface area contributed by atoms with Gasteiger partial charge in [-0.15, -0.1) is 0 Å². The van der Waals surface area contributed by atoms with Gasteiger partial charge in [0.25, 0.3) is 5.91 Å². The van der Waals surface area contributed by atoms with Crippen molar-refractivity contribution in [2.45, 2.75) is 46.5 Å². The Balaban J connectivity index is 2.47. The third kappa shape index (κ3) is 5.07. The number of aromatic carboxylic acids is 1. The van der Waals surface area contributed by atoms with Crippen LogP contribution in [0.3, 0.4) is 0 Å². The lowest BCUT2D eigenvalue weighted by molar-refractivity contribution is 0.0696. The maximum Gasteiger partial charge on any atom is 0.338 e. The lowest BCUT2D eigenvalue weighted by atomic mass is 9.87. The van der Waals surface area contributed by atoms with E-state index in [4.69, 9.17) is 9.52 Å². The summed E-state index contributed by atoms with van der Waals surface area (Å²) >= 11 is 0. The minimum atomic E-state index is -1.10. The smallest absolute Gasteiger partial charge is 0.338 e. The predicted molar refractivity (Wildman–Crippen MR) is 75.9 cm³/mol. The second-order valence-corrected chi connectivity index (χ2v) is 5.81. The average molecular weight is 281 g/mol. The third-order valence-electron chi connectivity index (χ3n) is 3.25. The summed E-state index contributed by atoms with van der Waals surface area (Å²) in [4.78, 5) is 22.6. The van der Waals surface area contributed by atoms with E-state index in [2.05, 4.69) is 26.1 Å². The number of furan rings is 1. The van der Waals surface area contributed by atoms with Crippen molar-refractivity contribution in [2.24, 2.45) is 5.41 Å². The number of amides is 1. The van der Waals surface area contributed by atoms with Crippen LogP contribution < -0.4 is 5.32 Å². The van der Waals surface area contributed by atoms with E-state index in [0.29, 0.717) is 6.54 Å². The molecule has 1 aromatic heterocycles. The second-order valence-electron chi connectivity index (χ2n) is 5.81. The van der Waals surface area contributed by atoms with Crippen LogP contribution in [0, 0.1) is 5.41 Å². The maximum atomic E-state index is 11.9. The summed E-state index contributed by atoms with van der Waals surface area (Å²) in [6.45, 7) is 6.91. The van der Waals surface area contributed by atoms with Crippen LogP contribution in [0.1, 0.15) is 67.4 Å². The number of unbranched alkanes of at least 4 members (excludes halogenated alkanes) is 2. The molecule has 0 bridgehead atoms. The molecule has 1 heterocycles. The van der Waals surface area contributed by atoms with E-state index in [9.17, 15) is 9.59 Å². The molecule has 1 amide bonds. The van der Waals surface area contributed by atoms with Crippen molar-refractivity contribution in [3.05, 3.63) is 23.7 Å². The number of carbonyl (C=O) groups excluding carboxylic acids is 1. The molecule has 112 valence electrons. The van der Waals surface area contributed by atoms with Crippen LogP contribution in [0.2, 0.25) is 0 Å². The molecule has 5 nitrogen and oxygen atoms in total. The molecule has 0 unspecified atom stereocenters. The van der Waals surface area contributed by atoms with Crippen molar-refractivity contribution in [3.63, 3.8) is 0 Å². The number of carboxylic acid groups (broad SMARTS) is 1. The molecule has 0 atom stereocenters. The lowest BCUT2D eigenvalue weighted by Gasteiger charge is -2.24. The molecule has 0 aliphatic heterocycles. The number of hydrogen-bond donors (Lipinski definition) is 2. The van der Waals surface area contributed by atoms with Gasteiger partial charge in [0.15, 0.2) is 5.76 Å². The molecule has 0 aliphatic rings. The molecular formula is C15H23NO4. The van der Waals surface area contributed by atoms with Crippen LogP contribution in [0.5, 0.6) is 0 Å². The lowest BCUT2D eigenvalue weighted by Crippen LogP contribution is -2.33. The van der Waals surface area contributed by atoms with Gasteiger partial charge in [-0.2, -0.15) is 0 Å². The summed E-state index contributed by atoms with van der Waals surface area (Å²) in [7, 11) is 0. The fourth-order valence-corrected chi connectivity index (χ4v) is 1.92. The van der Waals surface area contributed by atoms with Crippen molar-refractivity contribution in [3.8, 4) is 0 Å². The van der Waals surface area contributed by atoms with E-state index in [1.165, 1.54) is 18.9 Å². The number of carbonyl (C=O) groups is 2. The SMILES string of the molecule is CCCCCC(C)(C)CNC(=O)c1cc(C(=O)O)co1. The van der Waals surface area contributed by atoms with Crippen LogP contribution in [-0.4, -0.2) is 23.5 Å². The summed E-state index contributed by atoms with van der Waals surface area (Å²) < 4.78 is 4.96. The molecule has 1 rings (SSSR count). The van der Waals surface area contributed by atoms with Crippen molar-refractivity contribution >= 4 is 11.9 Å². The number of hydrogen-bond acceptors (Lipinski definition) is 3. The highest BCUT2D eigenvalue weighted by molar-refractivity contribution is 5.95. The molecule has 2 N–H and O–H groups in total. The maximum absolute atomic E-state index is 11.9. The Labute approximate surface area is 119 Å². The highest BCUT2D eigenvalue weighted by Crippen LogP contribution is 2.22. The number of carboxylic acids is 1. The zero-order chi connectivity index (χ0) is 15.2. The standard InChI is InChI=1S/C15H23NO4/c1-4-5-6-7-15(2,3)10-16-13(17)12-8-11(9-20-12)14(18)19/h8-9H,4-7,10H2,1-3H3,(H,16,17)(H,18,19). The first-order chi connectivity index (χ1) is 9.35. The van der Waals surface area contributed by atoms with Crippen molar-refractivity contribution in [1.29, 1.82) is 0 Å². The summed E-state index contributed by atoms with van der Waals surface area (Å²) in [6, 6.07) is 1.24. The monoisotopic (exact) mass is 281 g/mol. The summed E-state index contributed by atoms with van der Waals surface area (Å²) in [6.07, 6.45) is 5.62. The molecule has 5 heteroatoms. The van der Waals surface area contributed by atoms with E-state index < -0.39 is 5.97 Å². The molecular weight excluding hydrogens is 258 g/mol. The fourth-order valence-electron chi connectivity index (χ4n) is 1.92. The van der Waals surface area contributed by atoms with Gasteiger partial charge in [-0.05, 0) is 11.8 Å². The topological polar surface area (TPSA) is 79.5 Å². The Kier molecular flexibility index (Phi) is 5.80. The van der Waals surface area contributed by atoms with Crippen molar-refractivity contribution in [2.75, 3.05) is 6.54 Å². The van der Waals surface area contributed by atoms with Gasteiger partial charge in [0.05, 0.1) is 5.56 Å². The van der Waals surface area contributed by atoms with E-state index >= 15 is 0 Å². The Morgan fingerprint density at radius 1 is 1.35 bits per heavy atom. The van der Waals surface area contributed by atoms with Gasteiger partial charge >= 0.3 is 5.97 Å². The van der Waals surface area contributed by atoms with Gasteiger partial charge in [0, 0.05) is 12.6 Å². The largest absolute Gasteiger partial charge is 0.478 e. The van der Waals surface area contributed by atoms with E-state index in [1.54, 1.807) is 0 Å². The summed E-state index contributed by atoms with van der Waals surface area (Å²) in [5.74, 6) is -1.44. The highest BCUT2D eigenvalue weighted by atomic mass is 16.4. The Hall–Kier alpha value is -1.78. The summed E-state index contributed by atoms with van der Waals surface area (Å²) in [5.41, 5.74) is 0.00455. The minimum Gasteiger partial charge on any atom is -0.478 e. The van der Waals surface area contributed by atoms with E-state index in [-0.39, 0.29) is 22.6 Å². The Morgan fingerprint density at radius 2 is 2.05 bits per heavy atom. The number of nitrogens with one attached hydrogen (secondary N) is 1. The van der Waals surface area contributed by atoms with Crippen LogP contribution in [0.25, 0.3) is 0 Å². The van der Waals surface area contributed by atoms with Crippen LogP contribution in [0.15, 0.2) is 16.7 Å². The first-order valence-corrected chi connectivity index (χ1v) is 6.96. The van der Waals surface area contributed by atoms with Gasteiger partial charge in [0.2, 0.25) is 0 Å². The van der Waals surface area contributed by atoms with Gasteiger partial charge in [-0.25, -0.2) is 4.79 Å². The zero-order valence-electron chi connectivity index (χ0n) is 12.4. The third-order valence-corrected chi connectivity index (χ3v) is 3.25. The Bertz CT molecular complexity index is 462. The summed E-state index contributed by atoms with van der Waals surface area (Å²) in [5, 5.41) is 11.6. The molecule has 0 spiro atoms. The Morgan fingerprint density at radius 3 is 2.60 bits per heavy atom. The quantitative estimate of drug-likeness (QED) is 0.716. The number of rotatable bonds is 8. The van der Waals surface area contributed by atoms with Gasteiger partial charge in [0.1, 0.15) is 6.26 Å². The van der Waals surface area contributed by atoms with Crippen molar-refractivity contribution in [1.82, 2.24) is 5.32 Å². The first-order valence-electron chi connectivity index (χ1n) is 6.96. The molecule has 20 heavy (non-hydrogen) atoms. The molecule has 1 aromatic rings.